The summed E-state index contributed by atoms with van der Waals surface area (Å²) in [4.78, 5) is 22.8. The minimum Gasteiger partial charge on any atom is -0.458 e. The standard InChI is InChI=1S/C13H22O4/c1-3-6-12(14)16-10-8-5-9-11(10)17-13(15)7-4-2/h10-11H,3-9H2,1-2H3. The maximum atomic E-state index is 11.4. The van der Waals surface area contributed by atoms with Gasteiger partial charge in [-0.1, -0.05) is 13.8 Å². The van der Waals surface area contributed by atoms with E-state index in [-0.39, 0.29) is 24.1 Å². The molecule has 0 spiro atoms. The van der Waals surface area contributed by atoms with Gasteiger partial charge in [0.15, 0.2) is 0 Å². The van der Waals surface area contributed by atoms with Crippen LogP contribution in [0.5, 0.6) is 0 Å². The molecule has 0 saturated heterocycles. The third-order valence-corrected chi connectivity index (χ3v) is 2.87. The zero-order valence-corrected chi connectivity index (χ0v) is 10.7. The van der Waals surface area contributed by atoms with Crippen molar-refractivity contribution < 1.29 is 19.1 Å². The van der Waals surface area contributed by atoms with Crippen molar-refractivity contribution in [2.24, 2.45) is 0 Å². The molecule has 0 heterocycles. The van der Waals surface area contributed by atoms with Crippen molar-refractivity contribution in [1.82, 2.24) is 0 Å². The van der Waals surface area contributed by atoms with E-state index in [1.54, 1.807) is 0 Å². The second kappa shape index (κ2) is 7.30. The molecule has 98 valence electrons. The fraction of sp³-hybridized carbons (Fsp3) is 0.846. The predicted molar refractivity (Wildman–Crippen MR) is 63.4 cm³/mol. The molecule has 4 nitrogen and oxygen atoms in total. The smallest absolute Gasteiger partial charge is 0.306 e. The highest BCUT2D eigenvalue weighted by atomic mass is 16.6. The first kappa shape index (κ1) is 14.0. The van der Waals surface area contributed by atoms with Crippen LogP contribution in [-0.2, 0) is 19.1 Å². The Kier molecular flexibility index (Phi) is 6.01. The first-order valence-corrected chi connectivity index (χ1v) is 6.56. The fourth-order valence-corrected chi connectivity index (χ4v) is 2.03. The molecule has 1 fully saturated rings. The molecule has 0 aromatic carbocycles. The lowest BCUT2D eigenvalue weighted by Crippen LogP contribution is -2.30. The van der Waals surface area contributed by atoms with E-state index in [4.69, 9.17) is 9.47 Å². The number of hydrogen-bond acceptors (Lipinski definition) is 4. The van der Waals surface area contributed by atoms with Crippen molar-refractivity contribution in [3.05, 3.63) is 0 Å². The summed E-state index contributed by atoms with van der Waals surface area (Å²) in [6.07, 6.45) is 4.55. The molecule has 0 radical (unpaired) electrons. The molecule has 0 bridgehead atoms. The van der Waals surface area contributed by atoms with Gasteiger partial charge in [-0.3, -0.25) is 9.59 Å². The molecule has 0 aromatic heterocycles. The maximum Gasteiger partial charge on any atom is 0.306 e. The maximum absolute atomic E-state index is 11.4. The van der Waals surface area contributed by atoms with E-state index in [1.807, 2.05) is 13.8 Å². The second-order valence-electron chi connectivity index (χ2n) is 4.49. The Morgan fingerprint density at radius 1 is 0.941 bits per heavy atom. The molecule has 1 rings (SSSR count). The van der Waals surface area contributed by atoms with Crippen molar-refractivity contribution in [2.45, 2.75) is 71.0 Å². The molecule has 2 atom stereocenters. The van der Waals surface area contributed by atoms with Crippen LogP contribution in [0, 0.1) is 0 Å². The number of carbonyl (C=O) groups excluding carboxylic acids is 2. The quantitative estimate of drug-likeness (QED) is 0.672. The van der Waals surface area contributed by atoms with Gasteiger partial charge in [0.25, 0.3) is 0 Å². The summed E-state index contributed by atoms with van der Waals surface area (Å²) < 4.78 is 10.7. The lowest BCUT2D eigenvalue weighted by atomic mass is 10.2. The Hall–Kier alpha value is -1.06. The van der Waals surface area contributed by atoms with E-state index in [1.165, 1.54) is 0 Å². The van der Waals surface area contributed by atoms with Gasteiger partial charge in [-0.2, -0.15) is 0 Å². The molecule has 1 saturated carbocycles. The lowest BCUT2D eigenvalue weighted by molar-refractivity contribution is -0.165. The number of esters is 2. The first-order valence-electron chi connectivity index (χ1n) is 6.56. The molecule has 0 amide bonds. The lowest BCUT2D eigenvalue weighted by Gasteiger charge is -2.20. The highest BCUT2D eigenvalue weighted by Crippen LogP contribution is 2.26. The van der Waals surface area contributed by atoms with Crippen LogP contribution >= 0.6 is 0 Å². The first-order chi connectivity index (χ1) is 8.17. The third kappa shape index (κ3) is 4.75. The minimum absolute atomic E-state index is 0.184. The summed E-state index contributed by atoms with van der Waals surface area (Å²) in [7, 11) is 0. The fourth-order valence-electron chi connectivity index (χ4n) is 2.03. The van der Waals surface area contributed by atoms with Gasteiger partial charge in [-0.05, 0) is 32.1 Å². The summed E-state index contributed by atoms with van der Waals surface area (Å²) in [5, 5.41) is 0. The number of hydrogen-bond donors (Lipinski definition) is 0. The SMILES string of the molecule is CCCC(=O)OC1CCCC1OC(=O)CCC. The summed E-state index contributed by atoms with van der Waals surface area (Å²) >= 11 is 0. The van der Waals surface area contributed by atoms with Crippen molar-refractivity contribution in [3.63, 3.8) is 0 Å². The van der Waals surface area contributed by atoms with E-state index in [0.29, 0.717) is 12.8 Å². The van der Waals surface area contributed by atoms with E-state index in [2.05, 4.69) is 0 Å². The molecular weight excluding hydrogens is 220 g/mol. The van der Waals surface area contributed by atoms with Gasteiger partial charge in [0, 0.05) is 12.8 Å². The predicted octanol–water partition coefficient (Wildman–Crippen LogP) is 2.59. The van der Waals surface area contributed by atoms with E-state index < -0.39 is 0 Å². The molecule has 17 heavy (non-hydrogen) atoms. The van der Waals surface area contributed by atoms with Crippen LogP contribution in [0.15, 0.2) is 0 Å². The molecule has 1 aliphatic rings. The highest BCUT2D eigenvalue weighted by molar-refractivity contribution is 5.70. The van der Waals surface area contributed by atoms with Crippen LogP contribution in [0.2, 0.25) is 0 Å². The zero-order chi connectivity index (χ0) is 12.7. The van der Waals surface area contributed by atoms with Crippen LogP contribution < -0.4 is 0 Å². The van der Waals surface area contributed by atoms with Gasteiger partial charge in [0.05, 0.1) is 0 Å². The van der Waals surface area contributed by atoms with Crippen LogP contribution in [-0.4, -0.2) is 24.1 Å². The largest absolute Gasteiger partial charge is 0.458 e. The van der Waals surface area contributed by atoms with E-state index in [9.17, 15) is 9.59 Å². The molecule has 2 unspecified atom stereocenters. The molecule has 0 aromatic rings. The second-order valence-corrected chi connectivity index (χ2v) is 4.49. The van der Waals surface area contributed by atoms with Crippen LogP contribution in [0.1, 0.15) is 58.8 Å². The summed E-state index contributed by atoms with van der Waals surface area (Å²) in [5.41, 5.74) is 0. The molecule has 1 aliphatic carbocycles. The summed E-state index contributed by atoms with van der Waals surface area (Å²) in [6.45, 7) is 3.88. The Bertz CT molecular complexity index is 236. The number of carbonyl (C=O) groups is 2. The Labute approximate surface area is 103 Å². The van der Waals surface area contributed by atoms with Crippen molar-refractivity contribution >= 4 is 11.9 Å². The molecule has 0 aliphatic heterocycles. The van der Waals surface area contributed by atoms with Crippen LogP contribution in [0.25, 0.3) is 0 Å². The van der Waals surface area contributed by atoms with Crippen molar-refractivity contribution in [1.29, 1.82) is 0 Å². The molecule has 0 N–H and O–H groups in total. The molecular formula is C13H22O4. The topological polar surface area (TPSA) is 52.6 Å². The summed E-state index contributed by atoms with van der Waals surface area (Å²) in [6, 6.07) is 0. The Balaban J connectivity index is 2.38. The van der Waals surface area contributed by atoms with Crippen molar-refractivity contribution in [3.8, 4) is 0 Å². The van der Waals surface area contributed by atoms with E-state index >= 15 is 0 Å². The normalized spacial score (nSPS) is 23.4. The highest BCUT2D eigenvalue weighted by Gasteiger charge is 2.33. The minimum atomic E-state index is -0.227. The average Bonchev–Trinajstić information content (AvgIpc) is 2.66. The van der Waals surface area contributed by atoms with Crippen LogP contribution in [0.4, 0.5) is 0 Å². The van der Waals surface area contributed by atoms with Gasteiger partial charge >= 0.3 is 11.9 Å². The van der Waals surface area contributed by atoms with Crippen molar-refractivity contribution in [2.75, 3.05) is 0 Å². The van der Waals surface area contributed by atoms with E-state index in [0.717, 1.165) is 32.1 Å². The Morgan fingerprint density at radius 2 is 1.35 bits per heavy atom. The zero-order valence-electron chi connectivity index (χ0n) is 10.7. The monoisotopic (exact) mass is 242 g/mol. The number of ether oxygens (including phenoxy) is 2. The van der Waals surface area contributed by atoms with Gasteiger partial charge < -0.3 is 9.47 Å². The number of rotatable bonds is 6. The van der Waals surface area contributed by atoms with Crippen LogP contribution in [0.3, 0.4) is 0 Å². The third-order valence-electron chi connectivity index (χ3n) is 2.87. The van der Waals surface area contributed by atoms with Gasteiger partial charge in [-0.25, -0.2) is 0 Å². The summed E-state index contributed by atoms with van der Waals surface area (Å²) in [5.74, 6) is -0.369. The van der Waals surface area contributed by atoms with Gasteiger partial charge in [-0.15, -0.1) is 0 Å². The average molecular weight is 242 g/mol. The van der Waals surface area contributed by atoms with Gasteiger partial charge in [0.2, 0.25) is 0 Å². The van der Waals surface area contributed by atoms with Gasteiger partial charge in [0.1, 0.15) is 12.2 Å². The Morgan fingerprint density at radius 3 is 1.71 bits per heavy atom. The molecule has 4 heteroatoms.